The third-order valence-corrected chi connectivity index (χ3v) is 12.7. The van der Waals surface area contributed by atoms with Gasteiger partial charge in [-0.1, -0.05) is 211 Å². The van der Waals surface area contributed by atoms with E-state index in [9.17, 15) is 33.1 Å². The Labute approximate surface area is 403 Å². The summed E-state index contributed by atoms with van der Waals surface area (Å²) in [6, 6.07) is 0. The first kappa shape index (κ1) is 62.3. The molecule has 0 radical (unpaired) electrons. The topological polar surface area (TPSA) is 178 Å². The van der Waals surface area contributed by atoms with Gasteiger partial charge in [0.1, 0.15) is 30.5 Å². The van der Waals surface area contributed by atoms with E-state index in [2.05, 4.69) is 54.5 Å². The first-order chi connectivity index (χ1) is 32.1. The molecule has 0 aromatic carbocycles. The lowest BCUT2D eigenvalue weighted by atomic mass is 9.99. The number of aliphatic hydroxyl groups is 3. The molecule has 388 valence electrons. The van der Waals surface area contributed by atoms with Gasteiger partial charge >= 0.3 is 16.4 Å². The lowest BCUT2D eigenvalue weighted by Gasteiger charge is -2.41. The molecular weight excluding hydrogens is 861 g/mol. The molecule has 6 unspecified atom stereocenters. The highest BCUT2D eigenvalue weighted by molar-refractivity contribution is 7.80. The van der Waals surface area contributed by atoms with E-state index in [1.165, 1.54) is 154 Å². The van der Waals surface area contributed by atoms with Gasteiger partial charge in [0.25, 0.3) is 0 Å². The molecule has 1 saturated heterocycles. The van der Waals surface area contributed by atoms with Crippen LogP contribution in [0.1, 0.15) is 232 Å². The van der Waals surface area contributed by atoms with Crippen molar-refractivity contribution in [3.63, 3.8) is 0 Å². The van der Waals surface area contributed by atoms with Gasteiger partial charge in [0.15, 0.2) is 6.29 Å². The zero-order valence-electron chi connectivity index (χ0n) is 41.8. The number of unbranched alkanes of at least 4 members (excludes halogenated alkanes) is 28. The Bertz CT molecular complexity index is 1290. The van der Waals surface area contributed by atoms with Crippen molar-refractivity contribution in [2.24, 2.45) is 0 Å². The monoisotopic (exact) mass is 959 g/mol. The molecule has 1 heterocycles. The first-order valence-electron chi connectivity index (χ1n) is 26.7. The zero-order valence-corrected chi connectivity index (χ0v) is 42.6. The highest BCUT2D eigenvalue weighted by Crippen LogP contribution is 2.26. The highest BCUT2D eigenvalue weighted by atomic mass is 32.3. The van der Waals surface area contributed by atoms with E-state index in [0.717, 1.165) is 51.4 Å². The van der Waals surface area contributed by atoms with E-state index in [4.69, 9.17) is 18.9 Å². The Balaban J connectivity index is 2.29. The van der Waals surface area contributed by atoms with E-state index >= 15 is 0 Å². The maximum atomic E-state index is 12.9. The van der Waals surface area contributed by atoms with E-state index in [1.807, 2.05) is 0 Å². The summed E-state index contributed by atoms with van der Waals surface area (Å²) < 4.78 is 59.2. The fourth-order valence-electron chi connectivity index (χ4n) is 8.21. The van der Waals surface area contributed by atoms with Crippen molar-refractivity contribution < 1.29 is 56.2 Å². The van der Waals surface area contributed by atoms with Crippen LogP contribution in [0.25, 0.3) is 0 Å². The largest absolute Gasteiger partial charge is 0.457 e. The van der Waals surface area contributed by atoms with Crippen LogP contribution < -0.4 is 0 Å². The van der Waals surface area contributed by atoms with Crippen LogP contribution in [0.3, 0.4) is 0 Å². The molecule has 66 heavy (non-hydrogen) atoms. The van der Waals surface area contributed by atoms with Crippen LogP contribution in [0.5, 0.6) is 0 Å². The van der Waals surface area contributed by atoms with Crippen molar-refractivity contribution in [1.82, 2.24) is 0 Å². The number of ether oxygens (including phenoxy) is 4. The van der Waals surface area contributed by atoms with E-state index in [1.54, 1.807) is 0 Å². The van der Waals surface area contributed by atoms with Gasteiger partial charge in [-0.3, -0.25) is 9.35 Å². The van der Waals surface area contributed by atoms with Gasteiger partial charge in [-0.05, 0) is 51.4 Å². The quantitative estimate of drug-likeness (QED) is 0.0197. The number of aliphatic hydroxyl groups excluding tert-OH is 3. The summed E-state index contributed by atoms with van der Waals surface area (Å²) in [6.07, 6.45) is 44.7. The van der Waals surface area contributed by atoms with Crippen molar-refractivity contribution in [2.45, 2.75) is 269 Å². The molecule has 1 fully saturated rings. The second-order valence-corrected chi connectivity index (χ2v) is 19.5. The average Bonchev–Trinajstić information content (AvgIpc) is 3.29. The van der Waals surface area contributed by atoms with Crippen LogP contribution in [0, 0.1) is 0 Å². The summed E-state index contributed by atoms with van der Waals surface area (Å²) in [5.74, 6) is -0.398. The van der Waals surface area contributed by atoms with Crippen molar-refractivity contribution >= 4 is 16.4 Å². The third kappa shape index (κ3) is 37.2. The van der Waals surface area contributed by atoms with Gasteiger partial charge in [0.05, 0.1) is 19.8 Å². The van der Waals surface area contributed by atoms with Crippen LogP contribution in [0.2, 0.25) is 0 Å². The summed E-state index contributed by atoms with van der Waals surface area (Å²) in [4.78, 5) is 12.9. The lowest BCUT2D eigenvalue weighted by Crippen LogP contribution is -2.60. The Morgan fingerprint density at radius 1 is 0.576 bits per heavy atom. The number of hydrogen-bond acceptors (Lipinski definition) is 11. The minimum absolute atomic E-state index is 0.0369. The molecule has 0 aromatic heterocycles. The first-order valence-corrected chi connectivity index (χ1v) is 28.1. The highest BCUT2D eigenvalue weighted by Gasteiger charge is 2.48. The molecular formula is C53H98O12S. The van der Waals surface area contributed by atoms with Crippen LogP contribution in [0.4, 0.5) is 0 Å². The van der Waals surface area contributed by atoms with Gasteiger partial charge < -0.3 is 34.3 Å². The Morgan fingerprint density at radius 3 is 1.45 bits per heavy atom. The van der Waals surface area contributed by atoms with Gasteiger partial charge in [-0.2, -0.15) is 8.42 Å². The molecule has 0 aliphatic carbocycles. The summed E-state index contributed by atoms with van der Waals surface area (Å²) in [5.41, 5.74) is 0. The lowest BCUT2D eigenvalue weighted by molar-refractivity contribution is -0.301. The van der Waals surface area contributed by atoms with Gasteiger partial charge in [-0.25, -0.2) is 4.18 Å². The van der Waals surface area contributed by atoms with Crippen LogP contribution >= 0.6 is 0 Å². The van der Waals surface area contributed by atoms with Crippen molar-refractivity contribution in [3.8, 4) is 0 Å². The number of hydrogen-bond donors (Lipinski definition) is 4. The molecule has 0 saturated carbocycles. The smallest absolute Gasteiger partial charge is 0.397 e. The minimum Gasteiger partial charge on any atom is -0.457 e. The summed E-state index contributed by atoms with van der Waals surface area (Å²) in [5, 5.41) is 30.7. The van der Waals surface area contributed by atoms with E-state index < -0.39 is 59.8 Å². The predicted molar refractivity (Wildman–Crippen MR) is 267 cm³/mol. The molecule has 12 nitrogen and oxygen atoms in total. The minimum atomic E-state index is -5.06. The van der Waals surface area contributed by atoms with E-state index in [0.29, 0.717) is 13.0 Å². The molecule has 13 heteroatoms. The maximum Gasteiger partial charge on any atom is 0.397 e. The summed E-state index contributed by atoms with van der Waals surface area (Å²) >= 11 is 0. The van der Waals surface area contributed by atoms with Gasteiger partial charge in [-0.15, -0.1) is 0 Å². The van der Waals surface area contributed by atoms with Crippen molar-refractivity contribution in [2.75, 3.05) is 26.4 Å². The number of carbonyl (C=O) groups is 1. The SMILES string of the molecule is CCCCCCC/C=C\C/C=C\C/C=C\CCCCCCCCCCCCCOCC(COC1OC(CO)C(O)C(OS(=O)(=O)O)C1O)OC(=O)CCCCCCCCCCCCCCC. The number of esters is 1. The molecule has 4 N–H and O–H groups in total. The third-order valence-electron chi connectivity index (χ3n) is 12.3. The predicted octanol–water partition coefficient (Wildman–Crippen LogP) is 12.5. The molecule has 0 bridgehead atoms. The van der Waals surface area contributed by atoms with Crippen LogP contribution in [-0.4, -0.2) is 97.5 Å². The Morgan fingerprint density at radius 2 is 1.00 bits per heavy atom. The van der Waals surface area contributed by atoms with Crippen molar-refractivity contribution in [1.29, 1.82) is 0 Å². The maximum absolute atomic E-state index is 12.9. The molecule has 0 spiro atoms. The fraction of sp³-hybridized carbons (Fsp3) is 0.868. The average molecular weight is 959 g/mol. The Kier molecular flexibility index (Phi) is 42.1. The molecule has 1 aliphatic rings. The number of carbonyl (C=O) groups excluding carboxylic acids is 1. The molecule has 1 aliphatic heterocycles. The fourth-order valence-corrected chi connectivity index (χ4v) is 8.72. The normalized spacial score (nSPS) is 19.8. The van der Waals surface area contributed by atoms with Gasteiger partial charge in [0, 0.05) is 13.0 Å². The molecule has 6 atom stereocenters. The van der Waals surface area contributed by atoms with E-state index in [-0.39, 0.29) is 19.6 Å². The van der Waals surface area contributed by atoms with Crippen LogP contribution in [-0.2, 0) is 38.3 Å². The second kappa shape index (κ2) is 44.5. The zero-order chi connectivity index (χ0) is 48.2. The number of allylic oxidation sites excluding steroid dienone is 6. The number of rotatable bonds is 47. The Hall–Kier alpha value is -1.68. The summed E-state index contributed by atoms with van der Waals surface area (Å²) in [6.45, 7) is 4.00. The standard InChI is InChI=1S/C53H98O12S/c1-3-5-7-9-11-13-15-17-18-19-20-21-22-23-24-25-26-27-28-29-31-33-35-37-39-41-43-61-45-47(46-62-53-51(57)52(65-66(58,59)60)50(56)48(44-54)64-53)63-49(55)42-40-38-36-34-32-30-16-14-12-10-8-6-4-2/h15,17,19-20,22-23,47-48,50-54,56-57H,3-14,16,18,21,24-46H2,1-2H3,(H,58,59,60)/b17-15-,20-19-,23-22-. The molecule has 1 rings (SSSR count). The van der Waals surface area contributed by atoms with Crippen molar-refractivity contribution in [3.05, 3.63) is 36.5 Å². The summed E-state index contributed by atoms with van der Waals surface area (Å²) in [7, 11) is -5.06. The van der Waals surface area contributed by atoms with Crippen LogP contribution in [0.15, 0.2) is 36.5 Å². The van der Waals surface area contributed by atoms with Gasteiger partial charge in [0.2, 0.25) is 0 Å². The molecule has 0 aromatic rings. The second-order valence-electron chi connectivity index (χ2n) is 18.5. The molecule has 0 amide bonds.